The highest BCUT2D eigenvalue weighted by Crippen LogP contribution is 2.29. The zero-order chi connectivity index (χ0) is 22.6. The lowest BCUT2D eigenvalue weighted by Gasteiger charge is -2.34. The Bertz CT molecular complexity index is 1040. The summed E-state index contributed by atoms with van der Waals surface area (Å²) in [7, 11) is -0.696. The van der Waals surface area contributed by atoms with Crippen molar-refractivity contribution in [2.75, 3.05) is 40.4 Å². The molecule has 1 N–H and O–H groups in total. The number of amides is 2. The second-order valence-electron chi connectivity index (χ2n) is 7.13. The topological polar surface area (TPSA) is 88.2 Å². The van der Waals surface area contributed by atoms with E-state index in [2.05, 4.69) is 5.32 Å². The maximum absolute atomic E-state index is 13.4. The minimum Gasteiger partial charge on any atom is -0.497 e. The lowest BCUT2D eigenvalue weighted by Crippen LogP contribution is -2.53. The molecule has 1 aliphatic rings. The van der Waals surface area contributed by atoms with E-state index in [0.717, 1.165) is 11.6 Å². The molecule has 1 heterocycles. The van der Waals surface area contributed by atoms with Gasteiger partial charge < -0.3 is 19.7 Å². The average Bonchev–Trinajstić information content (AvgIpc) is 2.78. The molecule has 2 aromatic rings. The van der Waals surface area contributed by atoms with Gasteiger partial charge in [0.2, 0.25) is 10.0 Å². The van der Waals surface area contributed by atoms with Crippen molar-refractivity contribution < 1.29 is 27.1 Å². The van der Waals surface area contributed by atoms with Gasteiger partial charge in [-0.25, -0.2) is 17.6 Å². The van der Waals surface area contributed by atoms with Crippen LogP contribution in [0.3, 0.4) is 0 Å². The Hall–Kier alpha value is -2.85. The maximum atomic E-state index is 13.4. The molecule has 2 aromatic carbocycles. The van der Waals surface area contributed by atoms with E-state index in [4.69, 9.17) is 9.47 Å². The van der Waals surface area contributed by atoms with Gasteiger partial charge >= 0.3 is 6.03 Å². The first-order valence-electron chi connectivity index (χ1n) is 9.79. The summed E-state index contributed by atoms with van der Waals surface area (Å²) in [6.45, 7) is 2.54. The number of piperazine rings is 1. The molecule has 1 unspecified atom stereocenters. The van der Waals surface area contributed by atoms with E-state index in [1.165, 1.54) is 22.5 Å². The monoisotopic (exact) mass is 451 g/mol. The molecule has 31 heavy (non-hydrogen) atoms. The van der Waals surface area contributed by atoms with Crippen molar-refractivity contribution >= 4 is 16.1 Å². The molecule has 0 aliphatic carbocycles. The van der Waals surface area contributed by atoms with Crippen LogP contribution in [0.1, 0.15) is 18.5 Å². The standard InChI is InChI=1S/C21H26FN3O5S/c1-15(19-14-17(29-2)7-8-20(19)30-3)23-21(26)24-9-11-25(12-10-24)31(27,28)18-6-4-5-16(22)13-18/h4-8,13-15H,9-12H2,1-3H3,(H,23,26). The van der Waals surface area contributed by atoms with Gasteiger partial charge in [0, 0.05) is 31.7 Å². The molecule has 3 rings (SSSR count). The SMILES string of the molecule is COc1ccc(OC)c(C(C)NC(=O)N2CCN(S(=O)(=O)c3cccc(F)c3)CC2)c1. The van der Waals surface area contributed by atoms with Crippen LogP contribution in [0.4, 0.5) is 9.18 Å². The number of carbonyl (C=O) groups is 1. The zero-order valence-corrected chi connectivity index (χ0v) is 18.5. The molecule has 2 amide bonds. The summed E-state index contributed by atoms with van der Waals surface area (Å²) in [5, 5.41) is 2.92. The number of hydrogen-bond acceptors (Lipinski definition) is 5. The Balaban J connectivity index is 1.63. The molecule has 10 heteroatoms. The molecule has 1 saturated heterocycles. The molecule has 1 aliphatic heterocycles. The first-order valence-corrected chi connectivity index (χ1v) is 11.2. The van der Waals surface area contributed by atoms with E-state index in [0.29, 0.717) is 11.5 Å². The molecule has 1 atom stereocenters. The molecule has 0 spiro atoms. The van der Waals surface area contributed by atoms with E-state index < -0.39 is 15.8 Å². The maximum Gasteiger partial charge on any atom is 0.317 e. The third-order valence-corrected chi connectivity index (χ3v) is 7.10. The molecular formula is C21H26FN3O5S. The van der Waals surface area contributed by atoms with Gasteiger partial charge in [0.15, 0.2) is 0 Å². The van der Waals surface area contributed by atoms with Crippen molar-refractivity contribution in [3.05, 3.63) is 53.8 Å². The molecule has 8 nitrogen and oxygen atoms in total. The molecule has 0 saturated carbocycles. The van der Waals surface area contributed by atoms with Crippen LogP contribution in [0, 0.1) is 5.82 Å². The predicted molar refractivity (Wildman–Crippen MR) is 113 cm³/mol. The summed E-state index contributed by atoms with van der Waals surface area (Å²) in [5.41, 5.74) is 0.766. The minimum atomic E-state index is -3.81. The highest BCUT2D eigenvalue weighted by molar-refractivity contribution is 7.89. The Labute approximate surface area is 181 Å². The van der Waals surface area contributed by atoms with Crippen molar-refractivity contribution in [2.24, 2.45) is 0 Å². The number of urea groups is 1. The first kappa shape index (κ1) is 22.8. The van der Waals surface area contributed by atoms with Crippen LogP contribution in [0.5, 0.6) is 11.5 Å². The summed E-state index contributed by atoms with van der Waals surface area (Å²) in [6, 6.07) is 9.60. The number of benzene rings is 2. The number of nitrogens with one attached hydrogen (secondary N) is 1. The van der Waals surface area contributed by atoms with E-state index in [1.807, 2.05) is 6.92 Å². The van der Waals surface area contributed by atoms with Crippen molar-refractivity contribution in [1.29, 1.82) is 0 Å². The van der Waals surface area contributed by atoms with E-state index in [1.54, 1.807) is 37.3 Å². The van der Waals surface area contributed by atoms with Crippen LogP contribution in [0.15, 0.2) is 47.4 Å². The number of nitrogens with zero attached hydrogens (tertiary/aromatic N) is 2. The smallest absolute Gasteiger partial charge is 0.317 e. The highest BCUT2D eigenvalue weighted by atomic mass is 32.2. The molecular weight excluding hydrogens is 425 g/mol. The van der Waals surface area contributed by atoms with E-state index in [-0.39, 0.29) is 43.1 Å². The van der Waals surface area contributed by atoms with Crippen molar-refractivity contribution in [1.82, 2.24) is 14.5 Å². The average molecular weight is 452 g/mol. The molecule has 0 radical (unpaired) electrons. The minimum absolute atomic E-state index is 0.0934. The van der Waals surface area contributed by atoms with Crippen LogP contribution >= 0.6 is 0 Å². The fourth-order valence-electron chi connectivity index (χ4n) is 3.44. The van der Waals surface area contributed by atoms with Gasteiger partial charge in [-0.1, -0.05) is 6.07 Å². The van der Waals surface area contributed by atoms with Crippen molar-refractivity contribution in [2.45, 2.75) is 17.9 Å². The van der Waals surface area contributed by atoms with Crippen molar-refractivity contribution in [3.63, 3.8) is 0 Å². The number of methoxy groups -OCH3 is 2. The highest BCUT2D eigenvalue weighted by Gasteiger charge is 2.31. The summed E-state index contributed by atoms with van der Waals surface area (Å²) >= 11 is 0. The van der Waals surface area contributed by atoms with Crippen LogP contribution in [0.2, 0.25) is 0 Å². The summed E-state index contributed by atoms with van der Waals surface area (Å²) in [4.78, 5) is 14.2. The normalized spacial score (nSPS) is 15.9. The quantitative estimate of drug-likeness (QED) is 0.730. The Morgan fingerprint density at radius 1 is 1.06 bits per heavy atom. The van der Waals surface area contributed by atoms with Gasteiger partial charge in [-0.05, 0) is 43.3 Å². The van der Waals surface area contributed by atoms with Gasteiger partial charge in [0.1, 0.15) is 17.3 Å². The summed E-state index contributed by atoms with van der Waals surface area (Å²) < 4.78 is 50.8. The van der Waals surface area contributed by atoms with Gasteiger partial charge in [-0.2, -0.15) is 4.31 Å². The van der Waals surface area contributed by atoms with Crippen LogP contribution in [-0.2, 0) is 10.0 Å². The summed E-state index contributed by atoms with van der Waals surface area (Å²) in [5.74, 6) is 0.661. The second-order valence-corrected chi connectivity index (χ2v) is 9.07. The number of halogens is 1. The molecule has 1 fully saturated rings. The van der Waals surface area contributed by atoms with Crippen LogP contribution < -0.4 is 14.8 Å². The first-order chi connectivity index (χ1) is 14.8. The largest absolute Gasteiger partial charge is 0.497 e. The Morgan fingerprint density at radius 2 is 1.77 bits per heavy atom. The van der Waals surface area contributed by atoms with E-state index in [9.17, 15) is 17.6 Å². The van der Waals surface area contributed by atoms with Gasteiger partial charge in [-0.3, -0.25) is 0 Å². The van der Waals surface area contributed by atoms with Crippen LogP contribution in [0.25, 0.3) is 0 Å². The zero-order valence-electron chi connectivity index (χ0n) is 17.7. The number of sulfonamides is 1. The van der Waals surface area contributed by atoms with Gasteiger partial charge in [0.25, 0.3) is 0 Å². The Morgan fingerprint density at radius 3 is 2.39 bits per heavy atom. The predicted octanol–water partition coefficient (Wildman–Crippen LogP) is 2.62. The number of rotatable bonds is 6. The second kappa shape index (κ2) is 9.52. The fraction of sp³-hybridized carbons (Fsp3) is 0.381. The van der Waals surface area contributed by atoms with E-state index >= 15 is 0 Å². The van der Waals surface area contributed by atoms with Crippen LogP contribution in [-0.4, -0.2) is 64.1 Å². The summed E-state index contributed by atoms with van der Waals surface area (Å²) in [6.07, 6.45) is 0. The number of ether oxygens (including phenoxy) is 2. The lowest BCUT2D eigenvalue weighted by molar-refractivity contribution is 0.169. The van der Waals surface area contributed by atoms with Crippen molar-refractivity contribution in [3.8, 4) is 11.5 Å². The fourth-order valence-corrected chi connectivity index (χ4v) is 4.89. The van der Waals surface area contributed by atoms with Gasteiger partial charge in [0.05, 0.1) is 25.2 Å². The number of carbonyl (C=O) groups excluding carboxylic acids is 1. The Kier molecular flexibility index (Phi) is 7.01. The molecule has 0 aromatic heterocycles. The molecule has 0 bridgehead atoms. The molecule has 168 valence electrons. The number of hydrogen-bond donors (Lipinski definition) is 1. The third kappa shape index (κ3) is 5.08. The van der Waals surface area contributed by atoms with Gasteiger partial charge in [-0.15, -0.1) is 0 Å². The third-order valence-electron chi connectivity index (χ3n) is 5.20. The lowest BCUT2D eigenvalue weighted by atomic mass is 10.1.